The number of hydrogen-bond acceptors (Lipinski definition) is 5. The lowest BCUT2D eigenvalue weighted by molar-refractivity contribution is 0.330. The summed E-state index contributed by atoms with van der Waals surface area (Å²) in [7, 11) is 0. The lowest BCUT2D eigenvalue weighted by atomic mass is 10.5. The molecule has 2 heterocycles. The molecule has 17 heavy (non-hydrogen) atoms. The molecular formula is C11H16N4O2. The maximum absolute atomic E-state index is 5.43. The summed E-state index contributed by atoms with van der Waals surface area (Å²) >= 11 is 0. The molecule has 2 rings (SSSR count). The van der Waals surface area contributed by atoms with Crippen LogP contribution >= 0.6 is 0 Å². The van der Waals surface area contributed by atoms with Gasteiger partial charge < -0.3 is 14.5 Å². The predicted octanol–water partition coefficient (Wildman–Crippen LogP) is 1.79. The minimum Gasteiger partial charge on any atom is -0.417 e. The molecule has 0 aliphatic rings. The zero-order valence-electron chi connectivity index (χ0n) is 10.0. The molecule has 1 N–H and O–H groups in total. The van der Waals surface area contributed by atoms with Gasteiger partial charge in [0.1, 0.15) is 6.26 Å². The van der Waals surface area contributed by atoms with Crippen LogP contribution in [0.4, 0.5) is 0 Å². The van der Waals surface area contributed by atoms with Crippen molar-refractivity contribution < 1.29 is 9.15 Å². The summed E-state index contributed by atoms with van der Waals surface area (Å²) in [6.45, 7) is 6.43. The Hall–Kier alpha value is -1.82. The Balaban J connectivity index is 1.96. The van der Waals surface area contributed by atoms with Crippen molar-refractivity contribution in [3.05, 3.63) is 24.4 Å². The zero-order valence-corrected chi connectivity index (χ0v) is 10.0. The molecule has 0 fully saturated rings. The third kappa shape index (κ3) is 3.07. The highest BCUT2D eigenvalue weighted by atomic mass is 16.6. The van der Waals surface area contributed by atoms with Gasteiger partial charge >= 0.3 is 6.08 Å². The van der Waals surface area contributed by atoms with Gasteiger partial charge in [-0.25, -0.2) is 0 Å². The molecule has 6 nitrogen and oxygen atoms in total. The molecule has 0 bridgehead atoms. The van der Waals surface area contributed by atoms with Gasteiger partial charge in [0.2, 0.25) is 0 Å². The average Bonchev–Trinajstić information content (AvgIpc) is 2.96. The predicted molar refractivity (Wildman–Crippen MR) is 61.9 cm³/mol. The van der Waals surface area contributed by atoms with Gasteiger partial charge in [0.25, 0.3) is 0 Å². The first-order valence-electron chi connectivity index (χ1n) is 5.67. The van der Waals surface area contributed by atoms with Crippen LogP contribution in [0.25, 0.3) is 0 Å². The Labute approximate surface area is 99.6 Å². The zero-order chi connectivity index (χ0) is 12.1. The van der Waals surface area contributed by atoms with E-state index in [4.69, 9.17) is 9.15 Å². The second kappa shape index (κ2) is 5.49. The van der Waals surface area contributed by atoms with Crippen LogP contribution in [-0.4, -0.2) is 21.3 Å². The first-order valence-corrected chi connectivity index (χ1v) is 5.67. The number of aromatic nitrogens is 3. The molecule has 0 unspecified atom stereocenters. The van der Waals surface area contributed by atoms with Crippen molar-refractivity contribution in [1.29, 1.82) is 0 Å². The standard InChI is InChI=1S/C11H16N4O2/c1-3-12-5-9-8-16-11(14-9)17-10-6-13-15(4-2)7-10/h6-8,12H,3-5H2,1-2H3. The van der Waals surface area contributed by atoms with Crippen molar-refractivity contribution in [2.75, 3.05) is 6.54 Å². The van der Waals surface area contributed by atoms with Crippen LogP contribution in [0.1, 0.15) is 19.5 Å². The van der Waals surface area contributed by atoms with Crippen molar-refractivity contribution >= 4 is 0 Å². The van der Waals surface area contributed by atoms with Crippen molar-refractivity contribution in [3.63, 3.8) is 0 Å². The van der Waals surface area contributed by atoms with Gasteiger partial charge in [0.15, 0.2) is 5.75 Å². The van der Waals surface area contributed by atoms with E-state index in [0.29, 0.717) is 12.3 Å². The Morgan fingerprint density at radius 1 is 1.47 bits per heavy atom. The molecule has 0 aliphatic heterocycles. The third-order valence-electron chi connectivity index (χ3n) is 2.23. The van der Waals surface area contributed by atoms with E-state index in [1.54, 1.807) is 23.3 Å². The number of nitrogens with zero attached hydrogens (tertiary/aromatic N) is 3. The third-order valence-corrected chi connectivity index (χ3v) is 2.23. The largest absolute Gasteiger partial charge is 0.417 e. The number of nitrogens with one attached hydrogen (secondary N) is 1. The number of rotatable bonds is 6. The van der Waals surface area contributed by atoms with Crippen molar-refractivity contribution in [2.24, 2.45) is 0 Å². The smallest absolute Gasteiger partial charge is 0.399 e. The summed E-state index contributed by atoms with van der Waals surface area (Å²) in [5, 5.41) is 7.26. The van der Waals surface area contributed by atoms with E-state index >= 15 is 0 Å². The summed E-state index contributed by atoms with van der Waals surface area (Å²) in [5.41, 5.74) is 0.824. The van der Waals surface area contributed by atoms with E-state index in [1.165, 1.54) is 0 Å². The SMILES string of the molecule is CCNCc1coc(Oc2cnn(CC)c2)n1. The Morgan fingerprint density at radius 2 is 2.35 bits per heavy atom. The monoisotopic (exact) mass is 236 g/mol. The van der Waals surface area contributed by atoms with Crippen LogP contribution in [0, 0.1) is 0 Å². The Bertz CT molecular complexity index is 463. The molecule has 0 aromatic carbocycles. The van der Waals surface area contributed by atoms with E-state index in [1.807, 2.05) is 13.8 Å². The van der Waals surface area contributed by atoms with Crippen LogP contribution in [0.3, 0.4) is 0 Å². The van der Waals surface area contributed by atoms with E-state index < -0.39 is 0 Å². The molecule has 0 spiro atoms. The molecule has 0 radical (unpaired) electrons. The van der Waals surface area contributed by atoms with Crippen molar-refractivity contribution in [2.45, 2.75) is 26.9 Å². The van der Waals surface area contributed by atoms with Crippen LogP contribution in [0.2, 0.25) is 0 Å². The Morgan fingerprint density at radius 3 is 3.06 bits per heavy atom. The lowest BCUT2D eigenvalue weighted by Gasteiger charge is -1.95. The molecule has 2 aromatic heterocycles. The fourth-order valence-electron chi connectivity index (χ4n) is 1.34. The van der Waals surface area contributed by atoms with Crippen LogP contribution in [-0.2, 0) is 13.1 Å². The summed E-state index contributed by atoms with van der Waals surface area (Å²) in [5.74, 6) is 0.628. The summed E-state index contributed by atoms with van der Waals surface area (Å²) < 4.78 is 12.4. The quantitative estimate of drug-likeness (QED) is 0.828. The highest BCUT2D eigenvalue weighted by Gasteiger charge is 2.07. The molecule has 0 saturated heterocycles. The number of aryl methyl sites for hydroxylation is 1. The molecule has 0 amide bonds. The molecule has 0 saturated carbocycles. The van der Waals surface area contributed by atoms with Gasteiger partial charge in [-0.05, 0) is 13.5 Å². The van der Waals surface area contributed by atoms with E-state index in [0.717, 1.165) is 18.8 Å². The first kappa shape index (κ1) is 11.7. The van der Waals surface area contributed by atoms with E-state index in [2.05, 4.69) is 15.4 Å². The number of oxazole rings is 1. The highest BCUT2D eigenvalue weighted by molar-refractivity contribution is 5.16. The fourth-order valence-corrected chi connectivity index (χ4v) is 1.34. The van der Waals surface area contributed by atoms with Crippen molar-refractivity contribution in [3.8, 4) is 11.8 Å². The second-order valence-electron chi connectivity index (χ2n) is 3.52. The summed E-state index contributed by atoms with van der Waals surface area (Å²) in [6.07, 6.45) is 5.27. The molecule has 0 atom stereocenters. The van der Waals surface area contributed by atoms with Crippen molar-refractivity contribution in [1.82, 2.24) is 20.1 Å². The highest BCUT2D eigenvalue weighted by Crippen LogP contribution is 2.19. The summed E-state index contributed by atoms with van der Waals surface area (Å²) in [4.78, 5) is 4.19. The van der Waals surface area contributed by atoms with Gasteiger partial charge in [-0.1, -0.05) is 6.92 Å². The molecular weight excluding hydrogens is 220 g/mol. The maximum Gasteiger partial charge on any atom is 0.399 e. The summed E-state index contributed by atoms with van der Waals surface area (Å²) in [6, 6.07) is 0. The van der Waals surface area contributed by atoms with E-state index in [-0.39, 0.29) is 6.08 Å². The van der Waals surface area contributed by atoms with Gasteiger partial charge in [-0.3, -0.25) is 4.68 Å². The van der Waals surface area contributed by atoms with Gasteiger partial charge in [0, 0.05) is 13.1 Å². The fraction of sp³-hybridized carbons (Fsp3) is 0.455. The van der Waals surface area contributed by atoms with E-state index in [9.17, 15) is 0 Å². The minimum absolute atomic E-state index is 0.244. The Kier molecular flexibility index (Phi) is 3.77. The average molecular weight is 236 g/mol. The lowest BCUT2D eigenvalue weighted by Crippen LogP contribution is -2.11. The van der Waals surface area contributed by atoms with Crippen LogP contribution in [0.15, 0.2) is 23.1 Å². The normalized spacial score (nSPS) is 10.7. The molecule has 6 heteroatoms. The first-order chi connectivity index (χ1) is 8.31. The second-order valence-corrected chi connectivity index (χ2v) is 3.52. The van der Waals surface area contributed by atoms with Gasteiger partial charge in [0.05, 0.1) is 18.1 Å². The van der Waals surface area contributed by atoms with Crippen LogP contribution < -0.4 is 10.1 Å². The molecule has 2 aromatic rings. The maximum atomic E-state index is 5.43. The number of hydrogen-bond donors (Lipinski definition) is 1. The number of ether oxygens (including phenoxy) is 1. The van der Waals surface area contributed by atoms with Gasteiger partial charge in [-0.15, -0.1) is 0 Å². The minimum atomic E-state index is 0.244. The van der Waals surface area contributed by atoms with Crippen LogP contribution in [0.5, 0.6) is 11.8 Å². The topological polar surface area (TPSA) is 65.1 Å². The molecule has 0 aliphatic carbocycles. The molecule has 92 valence electrons. The van der Waals surface area contributed by atoms with Gasteiger partial charge in [-0.2, -0.15) is 10.1 Å².